The van der Waals surface area contributed by atoms with Gasteiger partial charge in [0.05, 0.1) is 10.6 Å². The van der Waals surface area contributed by atoms with Crippen molar-refractivity contribution in [1.82, 2.24) is 0 Å². The van der Waals surface area contributed by atoms with Crippen LogP contribution in [0, 0.1) is 5.82 Å². The van der Waals surface area contributed by atoms with Gasteiger partial charge in [0.15, 0.2) is 9.84 Å². The zero-order valence-electron chi connectivity index (χ0n) is 9.81. The van der Waals surface area contributed by atoms with Crippen molar-refractivity contribution in [3.8, 4) is 0 Å². The molecule has 0 amide bonds. The van der Waals surface area contributed by atoms with E-state index in [2.05, 4.69) is 15.9 Å². The molecule has 2 rings (SSSR count). The summed E-state index contributed by atoms with van der Waals surface area (Å²) < 4.78 is 38.6. The maximum Gasteiger partial charge on any atom is 0.182 e. The van der Waals surface area contributed by atoms with Crippen LogP contribution in [0.1, 0.15) is 5.56 Å². The van der Waals surface area contributed by atoms with Crippen LogP contribution in [0.4, 0.5) is 10.1 Å². The molecule has 0 saturated carbocycles. The SMILES string of the molecule is Nc1ccc(CS(=O)(=O)c2cccc(Br)c2)c(F)c1. The standard InChI is InChI=1S/C13H11BrFNO2S/c14-10-2-1-3-12(6-10)19(17,18)8-9-4-5-11(16)7-13(9)15/h1-7H,8,16H2. The van der Waals surface area contributed by atoms with E-state index in [0.29, 0.717) is 4.47 Å². The van der Waals surface area contributed by atoms with Crippen molar-refractivity contribution in [2.24, 2.45) is 0 Å². The number of hydrogen-bond donors (Lipinski definition) is 1. The second kappa shape index (κ2) is 5.30. The Morgan fingerprint density at radius 2 is 1.89 bits per heavy atom. The second-order valence-corrected chi connectivity index (χ2v) is 6.97. The van der Waals surface area contributed by atoms with Crippen molar-refractivity contribution >= 4 is 31.5 Å². The first-order valence-electron chi connectivity index (χ1n) is 5.41. The van der Waals surface area contributed by atoms with Crippen molar-refractivity contribution in [3.63, 3.8) is 0 Å². The molecule has 0 radical (unpaired) electrons. The van der Waals surface area contributed by atoms with Gasteiger partial charge >= 0.3 is 0 Å². The molecule has 0 aliphatic carbocycles. The van der Waals surface area contributed by atoms with E-state index in [1.54, 1.807) is 12.1 Å². The van der Waals surface area contributed by atoms with Crippen LogP contribution < -0.4 is 5.73 Å². The lowest BCUT2D eigenvalue weighted by Crippen LogP contribution is -2.06. The third-order valence-electron chi connectivity index (χ3n) is 2.58. The van der Waals surface area contributed by atoms with E-state index in [-0.39, 0.29) is 16.1 Å². The normalized spacial score (nSPS) is 11.5. The Balaban J connectivity index is 2.36. The summed E-state index contributed by atoms with van der Waals surface area (Å²) in [5, 5.41) is 0. The molecule has 0 spiro atoms. The molecule has 0 saturated heterocycles. The van der Waals surface area contributed by atoms with Crippen LogP contribution in [0.25, 0.3) is 0 Å². The Kier molecular flexibility index (Phi) is 3.91. The first kappa shape index (κ1) is 14.0. The first-order valence-corrected chi connectivity index (χ1v) is 7.85. The molecule has 0 fully saturated rings. The number of benzene rings is 2. The van der Waals surface area contributed by atoms with E-state index in [1.807, 2.05) is 0 Å². The second-order valence-electron chi connectivity index (χ2n) is 4.07. The monoisotopic (exact) mass is 343 g/mol. The molecular weight excluding hydrogens is 333 g/mol. The minimum atomic E-state index is -3.58. The van der Waals surface area contributed by atoms with Crippen molar-refractivity contribution < 1.29 is 12.8 Å². The maximum atomic E-state index is 13.6. The molecular formula is C13H11BrFNO2S. The summed E-state index contributed by atoms with van der Waals surface area (Å²) in [7, 11) is -3.58. The molecule has 2 aromatic carbocycles. The van der Waals surface area contributed by atoms with Crippen LogP contribution >= 0.6 is 15.9 Å². The third kappa shape index (κ3) is 3.33. The third-order valence-corrected chi connectivity index (χ3v) is 4.73. The smallest absolute Gasteiger partial charge is 0.182 e. The lowest BCUT2D eigenvalue weighted by atomic mass is 10.2. The Hall–Kier alpha value is -1.40. The van der Waals surface area contributed by atoms with E-state index in [0.717, 1.165) is 6.07 Å². The lowest BCUT2D eigenvalue weighted by molar-refractivity contribution is 0.587. The van der Waals surface area contributed by atoms with Gasteiger partial charge in [-0.25, -0.2) is 12.8 Å². The van der Waals surface area contributed by atoms with E-state index in [4.69, 9.17) is 5.73 Å². The summed E-state index contributed by atoms with van der Waals surface area (Å²) in [5.74, 6) is -1.01. The predicted molar refractivity (Wildman–Crippen MR) is 75.8 cm³/mol. The summed E-state index contributed by atoms with van der Waals surface area (Å²) in [6.45, 7) is 0. The molecule has 2 N–H and O–H groups in total. The quantitative estimate of drug-likeness (QED) is 0.871. The Morgan fingerprint density at radius 1 is 1.16 bits per heavy atom. The molecule has 0 aliphatic heterocycles. The minimum Gasteiger partial charge on any atom is -0.399 e. The number of nitrogen functional groups attached to an aromatic ring is 1. The van der Waals surface area contributed by atoms with E-state index in [9.17, 15) is 12.8 Å². The topological polar surface area (TPSA) is 60.2 Å². The summed E-state index contributed by atoms with van der Waals surface area (Å²) >= 11 is 3.21. The van der Waals surface area contributed by atoms with Gasteiger partial charge in [0.2, 0.25) is 0 Å². The molecule has 0 aromatic heterocycles. The molecule has 100 valence electrons. The van der Waals surface area contributed by atoms with Gasteiger partial charge in [-0.05, 0) is 30.3 Å². The molecule has 0 bridgehead atoms. The fraction of sp³-hybridized carbons (Fsp3) is 0.0769. The fourth-order valence-corrected chi connectivity index (χ4v) is 3.58. The number of nitrogens with two attached hydrogens (primary N) is 1. The average molecular weight is 344 g/mol. The van der Waals surface area contributed by atoms with Crippen LogP contribution in [0.15, 0.2) is 51.8 Å². The molecule has 0 atom stereocenters. The lowest BCUT2D eigenvalue weighted by Gasteiger charge is -2.07. The maximum absolute atomic E-state index is 13.6. The number of anilines is 1. The fourth-order valence-electron chi connectivity index (χ4n) is 1.63. The zero-order chi connectivity index (χ0) is 14.0. The van der Waals surface area contributed by atoms with E-state index >= 15 is 0 Å². The highest BCUT2D eigenvalue weighted by Gasteiger charge is 2.17. The first-order chi connectivity index (χ1) is 8.88. The summed E-state index contributed by atoms with van der Waals surface area (Å²) in [5.41, 5.74) is 5.80. The van der Waals surface area contributed by atoms with E-state index < -0.39 is 21.4 Å². The average Bonchev–Trinajstić information content (AvgIpc) is 2.33. The number of rotatable bonds is 3. The van der Waals surface area contributed by atoms with Gasteiger partial charge in [0, 0.05) is 15.7 Å². The molecule has 0 heterocycles. The van der Waals surface area contributed by atoms with Crippen LogP contribution in [0.3, 0.4) is 0 Å². The van der Waals surface area contributed by atoms with Crippen molar-refractivity contribution in [3.05, 3.63) is 58.3 Å². The zero-order valence-corrected chi connectivity index (χ0v) is 12.2. The summed E-state index contributed by atoms with van der Waals surface area (Å²) in [6, 6.07) is 10.3. The van der Waals surface area contributed by atoms with Crippen molar-refractivity contribution in [1.29, 1.82) is 0 Å². The predicted octanol–water partition coefficient (Wildman–Crippen LogP) is 3.14. The Bertz CT molecular complexity index is 716. The van der Waals surface area contributed by atoms with Gasteiger partial charge in [0.1, 0.15) is 5.82 Å². The van der Waals surface area contributed by atoms with Crippen LogP contribution in [0.2, 0.25) is 0 Å². The molecule has 0 unspecified atom stereocenters. The summed E-state index contributed by atoms with van der Waals surface area (Å²) in [6.07, 6.45) is 0. The highest BCUT2D eigenvalue weighted by atomic mass is 79.9. The number of halogens is 2. The van der Waals surface area contributed by atoms with Gasteiger partial charge in [-0.2, -0.15) is 0 Å². The molecule has 19 heavy (non-hydrogen) atoms. The largest absolute Gasteiger partial charge is 0.399 e. The number of sulfone groups is 1. The van der Waals surface area contributed by atoms with Gasteiger partial charge < -0.3 is 5.73 Å². The Morgan fingerprint density at radius 3 is 2.53 bits per heavy atom. The molecule has 0 aliphatic rings. The Labute approximate surface area is 119 Å². The molecule has 6 heteroatoms. The van der Waals surface area contributed by atoms with Crippen LogP contribution in [-0.4, -0.2) is 8.42 Å². The molecule has 3 nitrogen and oxygen atoms in total. The van der Waals surface area contributed by atoms with Crippen molar-refractivity contribution in [2.45, 2.75) is 10.6 Å². The molecule has 2 aromatic rings. The van der Waals surface area contributed by atoms with Gasteiger partial charge in [-0.3, -0.25) is 0 Å². The van der Waals surface area contributed by atoms with Gasteiger partial charge in [-0.15, -0.1) is 0 Å². The van der Waals surface area contributed by atoms with Crippen LogP contribution in [-0.2, 0) is 15.6 Å². The summed E-state index contributed by atoms with van der Waals surface area (Å²) in [4.78, 5) is 0.151. The minimum absolute atomic E-state index is 0.106. The van der Waals surface area contributed by atoms with Gasteiger partial charge in [-0.1, -0.05) is 28.1 Å². The van der Waals surface area contributed by atoms with Crippen LogP contribution in [0.5, 0.6) is 0 Å². The van der Waals surface area contributed by atoms with E-state index in [1.165, 1.54) is 24.3 Å². The van der Waals surface area contributed by atoms with Gasteiger partial charge in [0.25, 0.3) is 0 Å². The number of hydrogen-bond acceptors (Lipinski definition) is 3. The highest BCUT2D eigenvalue weighted by Crippen LogP contribution is 2.22. The highest BCUT2D eigenvalue weighted by molar-refractivity contribution is 9.10. The van der Waals surface area contributed by atoms with Crippen molar-refractivity contribution in [2.75, 3.05) is 5.73 Å².